The van der Waals surface area contributed by atoms with Crippen LogP contribution in [0.1, 0.15) is 258 Å². The summed E-state index contributed by atoms with van der Waals surface area (Å²) in [6.45, 7) is 6.40. The number of carbonyl (C=O) groups is 3. The highest BCUT2D eigenvalue weighted by atomic mass is 16.6. The van der Waals surface area contributed by atoms with E-state index < -0.39 is 6.10 Å². The van der Waals surface area contributed by atoms with Crippen LogP contribution in [0.25, 0.3) is 0 Å². The van der Waals surface area contributed by atoms with Gasteiger partial charge in [-0.25, -0.2) is 0 Å². The number of carbonyl (C=O) groups excluding carboxylic acids is 3. The lowest BCUT2D eigenvalue weighted by Gasteiger charge is -2.18. The molecule has 0 aromatic heterocycles. The van der Waals surface area contributed by atoms with E-state index in [1.807, 2.05) is 0 Å². The van der Waals surface area contributed by atoms with Gasteiger partial charge in [-0.2, -0.15) is 0 Å². The molecule has 72 heavy (non-hydrogen) atoms. The molecule has 0 amide bonds. The standard InChI is InChI=1S/C66H108O6/c1-4-7-10-13-16-19-22-25-27-29-31-32-33-34-35-37-38-41-44-47-50-53-56-59-65(68)71-62-63(61-70-64(67)58-55-52-49-46-43-40-24-21-18-15-12-9-6-3)72-66(69)60-57-54-51-48-45-42-39-36-30-28-26-23-20-17-14-11-8-5-2/h7,10,12,15-16,19-21,23-25,27-28,30-32,34-35,38,41,63H,4-6,8-9,11,13-14,17-18,22,26,29,33,36-37,39-40,42-62H2,1-3H3/b10-7-,15-12-,19-16-,23-20-,24-21-,27-25-,30-28-,32-31-,35-34-,41-38-. The third-order valence-electron chi connectivity index (χ3n) is 12.2. The molecule has 0 aromatic rings. The Morgan fingerprint density at radius 2 is 0.569 bits per heavy atom. The van der Waals surface area contributed by atoms with Gasteiger partial charge in [0.25, 0.3) is 0 Å². The van der Waals surface area contributed by atoms with E-state index in [-0.39, 0.29) is 31.1 Å². The fraction of sp³-hybridized carbons (Fsp3) is 0.652. The number of hydrogen-bond acceptors (Lipinski definition) is 6. The molecule has 0 aliphatic heterocycles. The molecule has 6 nitrogen and oxygen atoms in total. The minimum atomic E-state index is -0.803. The van der Waals surface area contributed by atoms with Crippen LogP contribution in [0.15, 0.2) is 122 Å². The van der Waals surface area contributed by atoms with Crippen molar-refractivity contribution in [3.8, 4) is 0 Å². The predicted molar refractivity (Wildman–Crippen MR) is 311 cm³/mol. The Kier molecular flexibility index (Phi) is 55.9. The van der Waals surface area contributed by atoms with Crippen LogP contribution in [0.3, 0.4) is 0 Å². The molecule has 0 rings (SSSR count). The first-order valence-electron chi connectivity index (χ1n) is 29.5. The van der Waals surface area contributed by atoms with Crippen LogP contribution in [0.5, 0.6) is 0 Å². The van der Waals surface area contributed by atoms with Crippen molar-refractivity contribution in [1.82, 2.24) is 0 Å². The smallest absolute Gasteiger partial charge is 0.306 e. The van der Waals surface area contributed by atoms with Gasteiger partial charge in [-0.05, 0) is 128 Å². The highest BCUT2D eigenvalue weighted by Gasteiger charge is 2.19. The summed E-state index contributed by atoms with van der Waals surface area (Å²) in [6.07, 6.45) is 81.8. The third-order valence-corrected chi connectivity index (χ3v) is 12.2. The molecule has 0 bridgehead atoms. The van der Waals surface area contributed by atoms with Gasteiger partial charge >= 0.3 is 17.9 Å². The molecule has 1 unspecified atom stereocenters. The minimum Gasteiger partial charge on any atom is -0.462 e. The van der Waals surface area contributed by atoms with Crippen molar-refractivity contribution in [1.29, 1.82) is 0 Å². The average Bonchev–Trinajstić information content (AvgIpc) is 3.38. The van der Waals surface area contributed by atoms with E-state index in [9.17, 15) is 14.4 Å². The number of hydrogen-bond donors (Lipinski definition) is 0. The van der Waals surface area contributed by atoms with Crippen LogP contribution in [0.4, 0.5) is 0 Å². The zero-order chi connectivity index (χ0) is 52.2. The van der Waals surface area contributed by atoms with E-state index in [0.29, 0.717) is 19.3 Å². The van der Waals surface area contributed by atoms with Crippen LogP contribution in [-0.4, -0.2) is 37.2 Å². The fourth-order valence-corrected chi connectivity index (χ4v) is 7.75. The molecule has 0 N–H and O–H groups in total. The maximum absolute atomic E-state index is 12.9. The Balaban J connectivity index is 4.45. The number of allylic oxidation sites excluding steroid dienone is 20. The summed E-state index contributed by atoms with van der Waals surface area (Å²) in [7, 11) is 0. The fourth-order valence-electron chi connectivity index (χ4n) is 7.75. The summed E-state index contributed by atoms with van der Waals surface area (Å²) in [5.74, 6) is -0.947. The Labute approximate surface area is 443 Å². The van der Waals surface area contributed by atoms with Crippen molar-refractivity contribution in [2.45, 2.75) is 264 Å². The molecule has 0 radical (unpaired) electrons. The van der Waals surface area contributed by atoms with Gasteiger partial charge in [0.1, 0.15) is 13.2 Å². The third kappa shape index (κ3) is 56.7. The summed E-state index contributed by atoms with van der Waals surface area (Å²) in [6, 6.07) is 0. The van der Waals surface area contributed by atoms with Crippen LogP contribution in [0.2, 0.25) is 0 Å². The molecule has 0 spiro atoms. The van der Waals surface area contributed by atoms with Crippen LogP contribution in [0, 0.1) is 0 Å². The van der Waals surface area contributed by atoms with E-state index in [1.165, 1.54) is 64.2 Å². The zero-order valence-corrected chi connectivity index (χ0v) is 46.7. The van der Waals surface area contributed by atoms with Crippen molar-refractivity contribution in [2.24, 2.45) is 0 Å². The monoisotopic (exact) mass is 997 g/mol. The van der Waals surface area contributed by atoms with E-state index in [4.69, 9.17) is 14.2 Å². The zero-order valence-electron chi connectivity index (χ0n) is 46.7. The van der Waals surface area contributed by atoms with Gasteiger partial charge in [0, 0.05) is 19.3 Å². The molecule has 0 aliphatic carbocycles. The van der Waals surface area contributed by atoms with Gasteiger partial charge in [-0.15, -0.1) is 0 Å². The topological polar surface area (TPSA) is 78.9 Å². The van der Waals surface area contributed by atoms with Crippen molar-refractivity contribution in [2.75, 3.05) is 13.2 Å². The van der Waals surface area contributed by atoms with Gasteiger partial charge in [-0.3, -0.25) is 14.4 Å². The van der Waals surface area contributed by atoms with Gasteiger partial charge in [0.2, 0.25) is 0 Å². The first kappa shape index (κ1) is 67.8. The predicted octanol–water partition coefficient (Wildman–Crippen LogP) is 20.0. The molecule has 408 valence electrons. The lowest BCUT2D eigenvalue weighted by atomic mass is 10.1. The SMILES string of the molecule is CC/C=C\C/C=C\C/C=C\C/C=C\C/C=C\C/C=C\CCCCCCC(=O)OCC(COC(=O)CCCCCCC/C=C\C/C=C\CCC)OC(=O)CCCCCCCCC/C=C\C/C=C\CCCCCC. The lowest BCUT2D eigenvalue weighted by molar-refractivity contribution is -0.167. The molecule has 6 heteroatoms. The second-order valence-corrected chi connectivity index (χ2v) is 19.2. The number of ether oxygens (including phenoxy) is 3. The normalized spacial score (nSPS) is 13.0. The maximum Gasteiger partial charge on any atom is 0.306 e. The highest BCUT2D eigenvalue weighted by molar-refractivity contribution is 5.71. The molecule has 0 saturated carbocycles. The van der Waals surface area contributed by atoms with E-state index >= 15 is 0 Å². The Morgan fingerprint density at radius 3 is 0.903 bits per heavy atom. The molecule has 0 fully saturated rings. The summed E-state index contributed by atoms with van der Waals surface area (Å²) in [5.41, 5.74) is 0. The quantitative estimate of drug-likeness (QED) is 0.0261. The molecule has 0 heterocycles. The molecular weight excluding hydrogens is 889 g/mol. The second kappa shape index (κ2) is 59.4. The molecule has 1 atom stereocenters. The highest BCUT2D eigenvalue weighted by Crippen LogP contribution is 2.14. The van der Waals surface area contributed by atoms with E-state index in [2.05, 4.69) is 142 Å². The largest absolute Gasteiger partial charge is 0.462 e. The second-order valence-electron chi connectivity index (χ2n) is 19.2. The molecule has 0 aliphatic rings. The summed E-state index contributed by atoms with van der Waals surface area (Å²) in [5, 5.41) is 0. The Bertz CT molecular complexity index is 1520. The minimum absolute atomic E-state index is 0.0998. The molecule has 0 saturated heterocycles. The van der Waals surface area contributed by atoms with Gasteiger partial charge in [0.05, 0.1) is 0 Å². The summed E-state index contributed by atoms with van der Waals surface area (Å²) < 4.78 is 16.8. The van der Waals surface area contributed by atoms with Crippen LogP contribution in [-0.2, 0) is 28.6 Å². The molecule has 0 aromatic carbocycles. The van der Waals surface area contributed by atoms with Gasteiger partial charge in [0.15, 0.2) is 6.10 Å². The van der Waals surface area contributed by atoms with Crippen LogP contribution >= 0.6 is 0 Å². The van der Waals surface area contributed by atoms with Crippen molar-refractivity contribution in [3.63, 3.8) is 0 Å². The van der Waals surface area contributed by atoms with Gasteiger partial charge < -0.3 is 14.2 Å². The number of esters is 3. The van der Waals surface area contributed by atoms with E-state index in [1.54, 1.807) is 0 Å². The summed E-state index contributed by atoms with van der Waals surface area (Å²) >= 11 is 0. The number of unbranched alkanes of at least 4 members (excludes halogenated alkanes) is 21. The van der Waals surface area contributed by atoms with Crippen molar-refractivity contribution >= 4 is 17.9 Å². The van der Waals surface area contributed by atoms with E-state index in [0.717, 1.165) is 154 Å². The lowest BCUT2D eigenvalue weighted by Crippen LogP contribution is -2.30. The van der Waals surface area contributed by atoms with Crippen LogP contribution < -0.4 is 0 Å². The maximum atomic E-state index is 12.9. The van der Waals surface area contributed by atoms with Crippen molar-refractivity contribution < 1.29 is 28.6 Å². The first-order chi connectivity index (χ1) is 35.5. The molecular formula is C66H108O6. The van der Waals surface area contributed by atoms with Gasteiger partial charge in [-0.1, -0.05) is 232 Å². The van der Waals surface area contributed by atoms with Crippen molar-refractivity contribution in [3.05, 3.63) is 122 Å². The Morgan fingerprint density at radius 1 is 0.292 bits per heavy atom. The number of rotatable bonds is 52. The first-order valence-corrected chi connectivity index (χ1v) is 29.5. The Hall–Kier alpha value is -4.19. The average molecular weight is 998 g/mol. The summed E-state index contributed by atoms with van der Waals surface area (Å²) in [4.78, 5) is 38.2.